The first-order chi connectivity index (χ1) is 7.90. The van der Waals surface area contributed by atoms with Crippen molar-refractivity contribution in [2.75, 3.05) is 27.7 Å². The Kier molecular flexibility index (Phi) is 4.54. The van der Waals surface area contributed by atoms with Crippen molar-refractivity contribution in [3.05, 3.63) is 29.8 Å². The van der Waals surface area contributed by atoms with E-state index in [0.29, 0.717) is 5.92 Å². The zero-order chi connectivity index (χ0) is 13.1. The summed E-state index contributed by atoms with van der Waals surface area (Å²) in [5.74, 6) is 1.24. The highest BCUT2D eigenvalue weighted by Crippen LogP contribution is 2.28. The highest BCUT2D eigenvalue weighted by Gasteiger charge is 2.31. The number of benzene rings is 1. The van der Waals surface area contributed by atoms with Crippen molar-refractivity contribution in [3.63, 3.8) is 0 Å². The third-order valence-corrected chi connectivity index (χ3v) is 3.24. The molecule has 0 saturated carbocycles. The van der Waals surface area contributed by atoms with Gasteiger partial charge in [0.15, 0.2) is 0 Å². The molecule has 17 heavy (non-hydrogen) atoms. The summed E-state index contributed by atoms with van der Waals surface area (Å²) < 4.78 is 5.17. The number of nitrogens with two attached hydrogens (primary N) is 1. The molecule has 3 heteroatoms. The summed E-state index contributed by atoms with van der Waals surface area (Å²) in [5.41, 5.74) is 7.40. The Labute approximate surface area is 105 Å². The Morgan fingerprint density at radius 1 is 1.24 bits per heavy atom. The molecule has 0 fully saturated rings. The van der Waals surface area contributed by atoms with E-state index in [4.69, 9.17) is 10.5 Å². The summed E-state index contributed by atoms with van der Waals surface area (Å²) in [6, 6.07) is 8.05. The predicted molar refractivity (Wildman–Crippen MR) is 72.3 cm³/mol. The maximum absolute atomic E-state index is 6.57. The molecule has 1 unspecified atom stereocenters. The topological polar surface area (TPSA) is 38.5 Å². The lowest BCUT2D eigenvalue weighted by atomic mass is 9.80. The lowest BCUT2D eigenvalue weighted by Gasteiger charge is -2.36. The summed E-state index contributed by atoms with van der Waals surface area (Å²) >= 11 is 0. The fourth-order valence-electron chi connectivity index (χ4n) is 2.03. The average Bonchev–Trinajstić information content (AvgIpc) is 2.28. The molecule has 0 amide bonds. The standard InChI is InChI=1S/C14H24N2O/c1-11(2)14(15,10-16(3)4)12-6-8-13(17-5)9-7-12/h6-9,11H,10,15H2,1-5H3. The van der Waals surface area contributed by atoms with E-state index in [0.717, 1.165) is 17.9 Å². The lowest BCUT2D eigenvalue weighted by molar-refractivity contribution is 0.224. The molecule has 96 valence electrons. The van der Waals surface area contributed by atoms with Gasteiger partial charge in [0.25, 0.3) is 0 Å². The molecule has 0 radical (unpaired) electrons. The van der Waals surface area contributed by atoms with Gasteiger partial charge in [0.1, 0.15) is 5.75 Å². The summed E-state index contributed by atoms with van der Waals surface area (Å²) in [6.07, 6.45) is 0. The van der Waals surface area contributed by atoms with Crippen LogP contribution in [0, 0.1) is 5.92 Å². The van der Waals surface area contributed by atoms with Crippen LogP contribution in [0.2, 0.25) is 0 Å². The van der Waals surface area contributed by atoms with E-state index in [1.165, 1.54) is 0 Å². The second kappa shape index (κ2) is 5.52. The molecule has 2 N–H and O–H groups in total. The molecule has 1 aromatic carbocycles. The Bertz CT molecular complexity index is 346. The van der Waals surface area contributed by atoms with Gasteiger partial charge in [0, 0.05) is 6.54 Å². The maximum atomic E-state index is 6.57. The smallest absolute Gasteiger partial charge is 0.118 e. The molecule has 1 rings (SSSR count). The molecule has 0 spiro atoms. The van der Waals surface area contributed by atoms with Crippen LogP contribution in [0.1, 0.15) is 19.4 Å². The van der Waals surface area contributed by atoms with E-state index in [1.54, 1.807) is 7.11 Å². The number of hydrogen-bond acceptors (Lipinski definition) is 3. The molecule has 0 aliphatic heterocycles. The second-order valence-electron chi connectivity index (χ2n) is 5.16. The molecule has 0 aromatic heterocycles. The van der Waals surface area contributed by atoms with Crippen molar-refractivity contribution in [2.24, 2.45) is 11.7 Å². The monoisotopic (exact) mass is 236 g/mol. The Balaban J connectivity index is 3.04. The normalized spacial score (nSPS) is 15.1. The van der Waals surface area contributed by atoms with E-state index in [9.17, 15) is 0 Å². The first-order valence-electron chi connectivity index (χ1n) is 5.98. The second-order valence-corrected chi connectivity index (χ2v) is 5.16. The van der Waals surface area contributed by atoms with Crippen molar-refractivity contribution < 1.29 is 4.74 Å². The van der Waals surface area contributed by atoms with Crippen LogP contribution in [-0.2, 0) is 5.54 Å². The van der Waals surface area contributed by atoms with Crippen LogP contribution >= 0.6 is 0 Å². The third-order valence-electron chi connectivity index (χ3n) is 3.24. The fraction of sp³-hybridized carbons (Fsp3) is 0.571. The molecular weight excluding hydrogens is 212 g/mol. The van der Waals surface area contributed by atoms with Crippen molar-refractivity contribution >= 4 is 0 Å². The summed E-state index contributed by atoms with van der Waals surface area (Å²) in [6.45, 7) is 5.15. The number of hydrogen-bond donors (Lipinski definition) is 1. The van der Waals surface area contributed by atoms with Gasteiger partial charge in [-0.25, -0.2) is 0 Å². The summed E-state index contributed by atoms with van der Waals surface area (Å²) in [5, 5.41) is 0. The van der Waals surface area contributed by atoms with E-state index in [1.807, 2.05) is 26.2 Å². The van der Waals surface area contributed by atoms with Crippen LogP contribution in [0.15, 0.2) is 24.3 Å². The van der Waals surface area contributed by atoms with Crippen LogP contribution in [-0.4, -0.2) is 32.6 Å². The van der Waals surface area contributed by atoms with Gasteiger partial charge < -0.3 is 15.4 Å². The van der Waals surface area contributed by atoms with Crippen LogP contribution in [0.5, 0.6) is 5.75 Å². The number of rotatable bonds is 5. The molecule has 0 heterocycles. The number of ether oxygens (including phenoxy) is 1. The van der Waals surface area contributed by atoms with Crippen LogP contribution in [0.3, 0.4) is 0 Å². The van der Waals surface area contributed by atoms with Gasteiger partial charge in [-0.2, -0.15) is 0 Å². The molecule has 0 aliphatic rings. The minimum atomic E-state index is -0.324. The Morgan fingerprint density at radius 3 is 2.12 bits per heavy atom. The zero-order valence-electron chi connectivity index (χ0n) is 11.5. The molecule has 0 saturated heterocycles. The molecule has 1 atom stereocenters. The van der Waals surface area contributed by atoms with Crippen molar-refractivity contribution in [1.82, 2.24) is 4.90 Å². The SMILES string of the molecule is COc1ccc(C(N)(CN(C)C)C(C)C)cc1. The fourth-order valence-corrected chi connectivity index (χ4v) is 2.03. The zero-order valence-corrected chi connectivity index (χ0v) is 11.5. The average molecular weight is 236 g/mol. The first-order valence-corrected chi connectivity index (χ1v) is 5.98. The minimum Gasteiger partial charge on any atom is -0.497 e. The Morgan fingerprint density at radius 2 is 1.76 bits per heavy atom. The number of nitrogens with zero attached hydrogens (tertiary/aromatic N) is 1. The van der Waals surface area contributed by atoms with Crippen LogP contribution < -0.4 is 10.5 Å². The number of methoxy groups -OCH3 is 1. The molecule has 1 aromatic rings. The van der Waals surface area contributed by atoms with Gasteiger partial charge in [-0.3, -0.25) is 0 Å². The largest absolute Gasteiger partial charge is 0.497 e. The summed E-state index contributed by atoms with van der Waals surface area (Å²) in [7, 11) is 5.77. The molecule has 0 bridgehead atoms. The van der Waals surface area contributed by atoms with Gasteiger partial charge in [-0.05, 0) is 37.7 Å². The quantitative estimate of drug-likeness (QED) is 0.850. The van der Waals surface area contributed by atoms with Gasteiger partial charge >= 0.3 is 0 Å². The Hall–Kier alpha value is -1.06. The maximum Gasteiger partial charge on any atom is 0.118 e. The third kappa shape index (κ3) is 3.20. The highest BCUT2D eigenvalue weighted by molar-refractivity contribution is 5.32. The highest BCUT2D eigenvalue weighted by atomic mass is 16.5. The lowest BCUT2D eigenvalue weighted by Crippen LogP contribution is -2.49. The molecule has 3 nitrogen and oxygen atoms in total. The van der Waals surface area contributed by atoms with E-state index in [-0.39, 0.29) is 5.54 Å². The first kappa shape index (κ1) is 14.0. The number of likely N-dealkylation sites (N-methyl/N-ethyl adjacent to an activating group) is 1. The van der Waals surface area contributed by atoms with Gasteiger partial charge in [0.2, 0.25) is 0 Å². The molecular formula is C14H24N2O. The van der Waals surface area contributed by atoms with Gasteiger partial charge in [-0.15, -0.1) is 0 Å². The van der Waals surface area contributed by atoms with E-state index >= 15 is 0 Å². The van der Waals surface area contributed by atoms with Crippen molar-refractivity contribution in [1.29, 1.82) is 0 Å². The minimum absolute atomic E-state index is 0.324. The predicted octanol–water partition coefficient (Wildman–Crippen LogP) is 2.07. The van der Waals surface area contributed by atoms with Gasteiger partial charge in [-0.1, -0.05) is 26.0 Å². The van der Waals surface area contributed by atoms with Crippen molar-refractivity contribution in [3.8, 4) is 5.75 Å². The van der Waals surface area contributed by atoms with Gasteiger partial charge in [0.05, 0.1) is 12.6 Å². The van der Waals surface area contributed by atoms with E-state index < -0.39 is 0 Å². The van der Waals surface area contributed by atoms with Crippen LogP contribution in [0.4, 0.5) is 0 Å². The van der Waals surface area contributed by atoms with Crippen molar-refractivity contribution in [2.45, 2.75) is 19.4 Å². The summed E-state index contributed by atoms with van der Waals surface area (Å²) in [4.78, 5) is 2.13. The van der Waals surface area contributed by atoms with E-state index in [2.05, 4.69) is 30.9 Å². The van der Waals surface area contributed by atoms with Crippen LogP contribution in [0.25, 0.3) is 0 Å². The molecule has 0 aliphatic carbocycles.